The fourth-order valence-corrected chi connectivity index (χ4v) is 1.85. The van der Waals surface area contributed by atoms with E-state index in [0.29, 0.717) is 13.0 Å². The molecular weight excluding hydrogens is 196 g/mol. The highest BCUT2D eigenvalue weighted by Crippen LogP contribution is 2.20. The largest absolute Gasteiger partial charge is 0.465 e. The Labute approximate surface area is 90.1 Å². The summed E-state index contributed by atoms with van der Waals surface area (Å²) >= 11 is 0. The first-order valence-corrected chi connectivity index (χ1v) is 5.23. The second-order valence-electron chi connectivity index (χ2n) is 5.03. The Hall–Kier alpha value is -0.810. The van der Waals surface area contributed by atoms with E-state index in [1.165, 1.54) is 0 Å². The van der Waals surface area contributed by atoms with Crippen molar-refractivity contribution in [1.82, 2.24) is 10.2 Å². The van der Waals surface area contributed by atoms with Crippen LogP contribution >= 0.6 is 0 Å². The molecule has 3 N–H and O–H groups in total. The lowest BCUT2D eigenvalue weighted by Crippen LogP contribution is -2.59. The second-order valence-corrected chi connectivity index (χ2v) is 5.03. The van der Waals surface area contributed by atoms with Crippen molar-refractivity contribution < 1.29 is 15.0 Å². The van der Waals surface area contributed by atoms with Crippen LogP contribution in [-0.4, -0.2) is 52.0 Å². The van der Waals surface area contributed by atoms with Gasteiger partial charge in [0.1, 0.15) is 0 Å². The second kappa shape index (κ2) is 4.37. The predicted molar refractivity (Wildman–Crippen MR) is 56.9 cm³/mol. The molecule has 0 unspecified atom stereocenters. The van der Waals surface area contributed by atoms with Crippen molar-refractivity contribution in [3.05, 3.63) is 0 Å². The molecule has 0 aromatic heterocycles. The topological polar surface area (TPSA) is 72.8 Å². The molecule has 2 atom stereocenters. The predicted octanol–water partition coefficient (Wildman–Crippen LogP) is 0.488. The number of likely N-dealkylation sites (tertiary alicyclic amines) is 1. The molecule has 0 aromatic carbocycles. The van der Waals surface area contributed by atoms with E-state index in [9.17, 15) is 9.90 Å². The molecule has 88 valence electrons. The molecular formula is C10H20N2O3. The third-order valence-electron chi connectivity index (χ3n) is 2.83. The molecule has 1 aliphatic heterocycles. The molecule has 0 aliphatic carbocycles. The van der Waals surface area contributed by atoms with Crippen molar-refractivity contribution in [2.45, 2.75) is 44.9 Å². The number of aliphatic hydroxyl groups excluding tert-OH is 1. The lowest BCUT2D eigenvalue weighted by atomic mass is 9.96. The maximum Gasteiger partial charge on any atom is 0.405 e. The summed E-state index contributed by atoms with van der Waals surface area (Å²) in [5.74, 6) is 0. The molecule has 15 heavy (non-hydrogen) atoms. The zero-order valence-corrected chi connectivity index (χ0v) is 9.53. The molecule has 1 aliphatic rings. The van der Waals surface area contributed by atoms with Gasteiger partial charge < -0.3 is 15.5 Å². The molecule has 1 rings (SSSR count). The summed E-state index contributed by atoms with van der Waals surface area (Å²) in [4.78, 5) is 12.7. The highest BCUT2D eigenvalue weighted by atomic mass is 16.4. The van der Waals surface area contributed by atoms with E-state index in [-0.39, 0.29) is 11.6 Å². The summed E-state index contributed by atoms with van der Waals surface area (Å²) in [6.45, 7) is 7.63. The van der Waals surface area contributed by atoms with E-state index in [1.807, 2.05) is 0 Å². The van der Waals surface area contributed by atoms with E-state index in [4.69, 9.17) is 5.11 Å². The van der Waals surface area contributed by atoms with E-state index in [0.717, 1.165) is 6.54 Å². The first kappa shape index (κ1) is 12.3. The number of carbonyl (C=O) groups is 1. The summed E-state index contributed by atoms with van der Waals surface area (Å²) in [5.41, 5.74) is 0.0125. The van der Waals surface area contributed by atoms with Gasteiger partial charge in [-0.2, -0.15) is 0 Å². The van der Waals surface area contributed by atoms with E-state index in [2.05, 4.69) is 31.0 Å². The minimum Gasteiger partial charge on any atom is -0.465 e. The first-order chi connectivity index (χ1) is 6.80. The third kappa shape index (κ3) is 3.35. The van der Waals surface area contributed by atoms with Crippen molar-refractivity contribution in [3.8, 4) is 0 Å². The van der Waals surface area contributed by atoms with E-state index < -0.39 is 12.2 Å². The number of hydrogen-bond acceptors (Lipinski definition) is 3. The quantitative estimate of drug-likeness (QED) is 0.596. The Balaban J connectivity index is 2.60. The SMILES string of the molecule is CC(C)(C)N1CC[C@H](O)[C@@H](NC(=O)O)C1. The van der Waals surface area contributed by atoms with Crippen LogP contribution in [0.2, 0.25) is 0 Å². The maximum absolute atomic E-state index is 10.5. The van der Waals surface area contributed by atoms with Crippen LogP contribution in [0.25, 0.3) is 0 Å². The summed E-state index contributed by atoms with van der Waals surface area (Å²) in [5, 5.41) is 20.6. The van der Waals surface area contributed by atoms with Crippen LogP contribution < -0.4 is 5.32 Å². The minimum absolute atomic E-state index is 0.0125. The van der Waals surface area contributed by atoms with Gasteiger partial charge >= 0.3 is 6.09 Å². The van der Waals surface area contributed by atoms with Gasteiger partial charge in [0, 0.05) is 18.6 Å². The summed E-state index contributed by atoms with van der Waals surface area (Å²) in [7, 11) is 0. The van der Waals surface area contributed by atoms with Gasteiger partial charge in [0.05, 0.1) is 12.1 Å². The average Bonchev–Trinajstić information content (AvgIpc) is 2.06. The number of hydrogen-bond donors (Lipinski definition) is 3. The molecule has 1 saturated heterocycles. The Kier molecular flexibility index (Phi) is 3.57. The number of carboxylic acid groups (broad SMARTS) is 1. The van der Waals surface area contributed by atoms with Crippen LogP contribution in [0.5, 0.6) is 0 Å². The first-order valence-electron chi connectivity index (χ1n) is 5.23. The number of nitrogens with one attached hydrogen (secondary N) is 1. The number of rotatable bonds is 1. The molecule has 0 saturated carbocycles. The van der Waals surface area contributed by atoms with E-state index in [1.54, 1.807) is 0 Å². The van der Waals surface area contributed by atoms with Gasteiger partial charge in [-0.15, -0.1) is 0 Å². The summed E-state index contributed by atoms with van der Waals surface area (Å²) in [6, 6.07) is -0.379. The van der Waals surface area contributed by atoms with Crippen LogP contribution in [0.4, 0.5) is 4.79 Å². The highest BCUT2D eigenvalue weighted by molar-refractivity contribution is 5.65. The number of aliphatic hydroxyl groups is 1. The maximum atomic E-state index is 10.5. The van der Waals surface area contributed by atoms with Gasteiger partial charge in [-0.05, 0) is 27.2 Å². The number of piperidine rings is 1. The zero-order valence-electron chi connectivity index (χ0n) is 9.53. The van der Waals surface area contributed by atoms with Crippen LogP contribution in [0.1, 0.15) is 27.2 Å². The molecule has 0 aromatic rings. The molecule has 5 heteroatoms. The Morgan fingerprint density at radius 2 is 2.07 bits per heavy atom. The molecule has 0 radical (unpaired) electrons. The van der Waals surface area contributed by atoms with Crippen LogP contribution in [0, 0.1) is 0 Å². The van der Waals surface area contributed by atoms with Gasteiger partial charge in [-0.3, -0.25) is 4.90 Å². The van der Waals surface area contributed by atoms with E-state index >= 15 is 0 Å². The van der Waals surface area contributed by atoms with Crippen LogP contribution in [0.3, 0.4) is 0 Å². The van der Waals surface area contributed by atoms with Gasteiger partial charge in [-0.25, -0.2) is 4.79 Å². The smallest absolute Gasteiger partial charge is 0.405 e. The van der Waals surface area contributed by atoms with Crippen LogP contribution in [-0.2, 0) is 0 Å². The monoisotopic (exact) mass is 216 g/mol. The lowest BCUT2D eigenvalue weighted by Gasteiger charge is -2.43. The number of nitrogens with zero attached hydrogens (tertiary/aromatic N) is 1. The molecule has 1 fully saturated rings. The number of amides is 1. The molecule has 1 heterocycles. The lowest BCUT2D eigenvalue weighted by molar-refractivity contribution is 0.0111. The average molecular weight is 216 g/mol. The normalized spacial score (nSPS) is 28.8. The summed E-state index contributed by atoms with van der Waals surface area (Å²) in [6.07, 6.45) is -1.03. The molecule has 1 amide bonds. The Morgan fingerprint density at radius 3 is 2.53 bits per heavy atom. The van der Waals surface area contributed by atoms with Crippen molar-refractivity contribution >= 4 is 6.09 Å². The highest BCUT2D eigenvalue weighted by Gasteiger charge is 2.33. The molecule has 0 bridgehead atoms. The standard InChI is InChI=1S/C10H20N2O3/c1-10(2,3)12-5-4-8(13)7(6-12)11-9(14)15/h7-8,11,13H,4-6H2,1-3H3,(H,14,15)/t7-,8-/m0/s1. The zero-order chi connectivity index (χ0) is 11.6. The third-order valence-corrected chi connectivity index (χ3v) is 2.83. The van der Waals surface area contributed by atoms with Crippen molar-refractivity contribution in [3.63, 3.8) is 0 Å². The van der Waals surface area contributed by atoms with Crippen LogP contribution in [0.15, 0.2) is 0 Å². The van der Waals surface area contributed by atoms with Gasteiger partial charge in [0.15, 0.2) is 0 Å². The fourth-order valence-electron chi connectivity index (χ4n) is 1.85. The Bertz CT molecular complexity index is 237. The van der Waals surface area contributed by atoms with Crippen molar-refractivity contribution in [2.24, 2.45) is 0 Å². The van der Waals surface area contributed by atoms with Gasteiger partial charge in [0.25, 0.3) is 0 Å². The molecule has 5 nitrogen and oxygen atoms in total. The van der Waals surface area contributed by atoms with Gasteiger partial charge in [-0.1, -0.05) is 0 Å². The Morgan fingerprint density at radius 1 is 1.47 bits per heavy atom. The molecule has 0 spiro atoms. The van der Waals surface area contributed by atoms with Gasteiger partial charge in [0.2, 0.25) is 0 Å². The van der Waals surface area contributed by atoms with Crippen molar-refractivity contribution in [2.75, 3.05) is 13.1 Å². The fraction of sp³-hybridized carbons (Fsp3) is 0.900. The van der Waals surface area contributed by atoms with Crippen molar-refractivity contribution in [1.29, 1.82) is 0 Å². The minimum atomic E-state index is -1.07. The summed E-state index contributed by atoms with van der Waals surface area (Å²) < 4.78 is 0.